The van der Waals surface area contributed by atoms with Crippen LogP contribution in [0, 0.1) is 0 Å². The predicted molar refractivity (Wildman–Crippen MR) is 154 cm³/mol. The highest BCUT2D eigenvalue weighted by molar-refractivity contribution is 6.04. The van der Waals surface area contributed by atoms with Crippen molar-refractivity contribution in [1.29, 1.82) is 0 Å². The number of halogens is 3. The molecule has 1 aliphatic rings. The van der Waals surface area contributed by atoms with E-state index in [9.17, 15) is 22.8 Å². The second-order valence-electron chi connectivity index (χ2n) is 11.1. The van der Waals surface area contributed by atoms with Crippen molar-refractivity contribution in [1.82, 2.24) is 4.98 Å². The second-order valence-corrected chi connectivity index (χ2v) is 11.1. The number of carbonyl (C=O) groups excluding carboxylic acids is 2. The zero-order valence-corrected chi connectivity index (χ0v) is 23.8. The number of ether oxygens (including phenoxy) is 2. The number of nitrogens with zero attached hydrogens (tertiary/aromatic N) is 2. The first-order chi connectivity index (χ1) is 20.4. The fourth-order valence-electron chi connectivity index (χ4n) is 4.57. The van der Waals surface area contributed by atoms with Crippen LogP contribution < -0.4 is 15.0 Å². The molecular weight excluding hydrogens is 563 g/mol. The molecule has 2 heterocycles. The molecule has 3 aromatic carbocycles. The molecule has 0 saturated carbocycles. The molecule has 43 heavy (non-hydrogen) atoms. The Morgan fingerprint density at radius 2 is 1.63 bits per heavy atom. The molecule has 224 valence electrons. The Hall–Kier alpha value is -4.80. The fraction of sp³-hybridized carbons (Fsp3) is 0.281. The molecule has 1 amide bonds. The van der Waals surface area contributed by atoms with Crippen LogP contribution in [0.25, 0.3) is 11.5 Å². The van der Waals surface area contributed by atoms with E-state index in [2.05, 4.69) is 15.2 Å². The molecule has 1 atom stereocenters. The molecule has 1 aliphatic heterocycles. The summed E-state index contributed by atoms with van der Waals surface area (Å²) in [5, 5.41) is 2.45. The van der Waals surface area contributed by atoms with Crippen molar-refractivity contribution in [3.63, 3.8) is 0 Å². The van der Waals surface area contributed by atoms with Crippen molar-refractivity contribution in [3.05, 3.63) is 95.9 Å². The Morgan fingerprint density at radius 3 is 2.26 bits per heavy atom. The molecule has 1 N–H and O–H groups in total. The zero-order chi connectivity index (χ0) is 30.8. The molecule has 0 unspecified atom stereocenters. The maximum absolute atomic E-state index is 13.6. The Balaban J connectivity index is 1.19. The first-order valence-electron chi connectivity index (χ1n) is 13.7. The van der Waals surface area contributed by atoms with Crippen LogP contribution in [0.5, 0.6) is 5.75 Å². The zero-order valence-electron chi connectivity index (χ0n) is 23.8. The topological polar surface area (TPSA) is 93.9 Å². The second kappa shape index (κ2) is 11.8. The van der Waals surface area contributed by atoms with E-state index in [0.29, 0.717) is 23.4 Å². The number of esters is 1. The molecule has 1 aromatic heterocycles. The minimum atomic E-state index is -4.90. The number of hydrogen-bond acceptors (Lipinski definition) is 7. The molecule has 8 nitrogen and oxygen atoms in total. The molecule has 1 saturated heterocycles. The Morgan fingerprint density at radius 1 is 0.953 bits per heavy atom. The Labute approximate surface area is 246 Å². The Kier molecular flexibility index (Phi) is 8.16. The van der Waals surface area contributed by atoms with Crippen molar-refractivity contribution < 1.29 is 36.7 Å². The number of aromatic nitrogens is 1. The van der Waals surface area contributed by atoms with Crippen molar-refractivity contribution in [2.75, 3.05) is 23.3 Å². The highest BCUT2D eigenvalue weighted by atomic mass is 19.4. The number of anilines is 2. The minimum absolute atomic E-state index is 0.105. The largest absolute Gasteiger partial charge is 0.489 e. The van der Waals surface area contributed by atoms with Gasteiger partial charge in [0.2, 0.25) is 11.7 Å². The number of nitrogens with one attached hydrogen (secondary N) is 1. The van der Waals surface area contributed by atoms with E-state index in [1.807, 2.05) is 32.9 Å². The first kappa shape index (κ1) is 29.7. The van der Waals surface area contributed by atoms with E-state index in [1.54, 1.807) is 54.6 Å². The van der Waals surface area contributed by atoms with Gasteiger partial charge < -0.3 is 24.1 Å². The number of hydrogen-bond donors (Lipinski definition) is 1. The maximum atomic E-state index is 13.6. The normalized spacial score (nSPS) is 15.3. The summed E-state index contributed by atoms with van der Waals surface area (Å²) in [5.41, 5.74) is 0.603. The van der Waals surface area contributed by atoms with Gasteiger partial charge in [0, 0.05) is 29.9 Å². The number of amides is 1. The lowest BCUT2D eigenvalue weighted by Crippen LogP contribution is -2.25. The predicted octanol–water partition coefficient (Wildman–Crippen LogP) is 7.23. The van der Waals surface area contributed by atoms with E-state index >= 15 is 0 Å². The number of benzene rings is 3. The summed E-state index contributed by atoms with van der Waals surface area (Å²) < 4.78 is 57.3. The van der Waals surface area contributed by atoms with Gasteiger partial charge in [-0.25, -0.2) is 9.78 Å². The van der Waals surface area contributed by atoms with Gasteiger partial charge in [-0.05, 0) is 81.4 Å². The van der Waals surface area contributed by atoms with E-state index in [1.165, 1.54) is 12.1 Å². The smallest absolute Gasteiger partial charge is 0.452 e. The standard InChI is InChI=1S/C32H30F3N3O5/c1-31(2,3)43-30(40)21-9-13-23(14-10-21)38-18-17-25(19-38)41-24-15-11-22(12-16-24)36-28(39)26-27(32(33,34)35)42-29(37-26)20-7-5-4-6-8-20/h4-16,25H,17-19H2,1-3H3,(H,36,39)/t25-/m0/s1. The van der Waals surface area contributed by atoms with Crippen molar-refractivity contribution in [2.24, 2.45) is 0 Å². The lowest BCUT2D eigenvalue weighted by molar-refractivity contribution is -0.153. The average molecular weight is 594 g/mol. The van der Waals surface area contributed by atoms with Gasteiger partial charge in [0.1, 0.15) is 17.5 Å². The summed E-state index contributed by atoms with van der Waals surface area (Å²) in [4.78, 5) is 31.1. The monoisotopic (exact) mass is 593 g/mol. The molecule has 0 bridgehead atoms. The van der Waals surface area contributed by atoms with E-state index in [4.69, 9.17) is 13.9 Å². The van der Waals surface area contributed by atoms with Gasteiger partial charge in [0.25, 0.3) is 5.91 Å². The van der Waals surface area contributed by atoms with Gasteiger partial charge in [0.05, 0.1) is 12.1 Å². The molecule has 4 aromatic rings. The van der Waals surface area contributed by atoms with Crippen molar-refractivity contribution >= 4 is 23.3 Å². The fourth-order valence-corrected chi connectivity index (χ4v) is 4.57. The molecular formula is C32H30F3N3O5. The third-order valence-corrected chi connectivity index (χ3v) is 6.55. The summed E-state index contributed by atoms with van der Waals surface area (Å²) in [7, 11) is 0. The molecule has 0 spiro atoms. The summed E-state index contributed by atoms with van der Waals surface area (Å²) in [6, 6.07) is 21.6. The van der Waals surface area contributed by atoms with Crippen molar-refractivity contribution in [2.45, 2.75) is 45.1 Å². The molecule has 0 aliphatic carbocycles. The highest BCUT2D eigenvalue weighted by Gasteiger charge is 2.42. The molecule has 0 radical (unpaired) electrons. The van der Waals surface area contributed by atoms with E-state index in [-0.39, 0.29) is 23.7 Å². The van der Waals surface area contributed by atoms with Crippen LogP contribution in [0.1, 0.15) is 53.8 Å². The summed E-state index contributed by atoms with van der Waals surface area (Å²) in [6.07, 6.45) is -4.24. The van der Waals surface area contributed by atoms with Crippen LogP contribution in [-0.4, -0.2) is 41.7 Å². The third-order valence-electron chi connectivity index (χ3n) is 6.55. The summed E-state index contributed by atoms with van der Waals surface area (Å²) >= 11 is 0. The van der Waals surface area contributed by atoms with E-state index in [0.717, 1.165) is 18.7 Å². The highest BCUT2D eigenvalue weighted by Crippen LogP contribution is 2.35. The first-order valence-corrected chi connectivity index (χ1v) is 13.7. The summed E-state index contributed by atoms with van der Waals surface area (Å²) in [5.74, 6) is -2.63. The van der Waals surface area contributed by atoms with Crippen LogP contribution in [0.15, 0.2) is 83.3 Å². The van der Waals surface area contributed by atoms with Crippen molar-refractivity contribution in [3.8, 4) is 17.2 Å². The SMILES string of the molecule is CC(C)(C)OC(=O)c1ccc(N2CC[C@H](Oc3ccc(NC(=O)c4nc(-c5ccccc5)oc4C(F)(F)F)cc3)C2)cc1. The van der Waals surface area contributed by atoms with Gasteiger partial charge in [-0.15, -0.1) is 0 Å². The van der Waals surface area contributed by atoms with Gasteiger partial charge in [0.15, 0.2) is 5.69 Å². The maximum Gasteiger partial charge on any atom is 0.452 e. The third kappa shape index (κ3) is 7.35. The molecule has 5 rings (SSSR count). The van der Waals surface area contributed by atoms with Crippen LogP contribution in [0.4, 0.5) is 24.5 Å². The van der Waals surface area contributed by atoms with E-state index < -0.39 is 29.1 Å². The van der Waals surface area contributed by atoms with Gasteiger partial charge in [-0.3, -0.25) is 4.79 Å². The lowest BCUT2D eigenvalue weighted by atomic mass is 10.1. The average Bonchev–Trinajstić information content (AvgIpc) is 3.62. The van der Waals surface area contributed by atoms with Crippen LogP contribution in [0.3, 0.4) is 0 Å². The summed E-state index contributed by atoms with van der Waals surface area (Å²) in [6.45, 7) is 6.84. The number of oxazole rings is 1. The van der Waals surface area contributed by atoms with Gasteiger partial charge >= 0.3 is 12.1 Å². The number of alkyl halides is 3. The lowest BCUT2D eigenvalue weighted by Gasteiger charge is -2.21. The molecule has 11 heteroatoms. The van der Waals surface area contributed by atoms with Crippen LogP contribution in [-0.2, 0) is 10.9 Å². The van der Waals surface area contributed by atoms with Crippen LogP contribution in [0.2, 0.25) is 0 Å². The number of carbonyl (C=O) groups is 2. The minimum Gasteiger partial charge on any atom is -0.489 e. The number of rotatable bonds is 7. The van der Waals surface area contributed by atoms with Gasteiger partial charge in [-0.2, -0.15) is 13.2 Å². The quantitative estimate of drug-likeness (QED) is 0.226. The molecule has 1 fully saturated rings. The van der Waals surface area contributed by atoms with Gasteiger partial charge in [-0.1, -0.05) is 18.2 Å². The Bertz CT molecular complexity index is 1580. The van der Waals surface area contributed by atoms with Crippen LogP contribution >= 0.6 is 0 Å².